The van der Waals surface area contributed by atoms with Crippen molar-refractivity contribution in [1.82, 2.24) is 0 Å². The molecule has 3 heteroatoms. The maximum Gasteiger partial charge on any atom is 0.0920 e. The van der Waals surface area contributed by atoms with Gasteiger partial charge in [-0.05, 0) is 34.2 Å². The lowest BCUT2D eigenvalue weighted by molar-refractivity contribution is 1.40. The summed E-state index contributed by atoms with van der Waals surface area (Å²) in [5, 5.41) is 0. The van der Waals surface area contributed by atoms with Gasteiger partial charge in [-0.2, -0.15) is 0 Å². The van der Waals surface area contributed by atoms with Gasteiger partial charge in [0, 0.05) is 3.57 Å². The largest absolute Gasteiger partial charge is 0.0920 e. The van der Waals surface area contributed by atoms with E-state index in [1.54, 1.807) is 0 Å². The topological polar surface area (TPSA) is 0 Å². The normalized spacial score (nSPS) is 13.1. The van der Waals surface area contributed by atoms with Crippen molar-refractivity contribution in [2.45, 2.75) is 2.83 Å². The Morgan fingerprint density at radius 3 is 2.30 bits per heavy atom. The molecule has 0 aliphatic rings. The lowest BCUT2D eigenvalue weighted by Gasteiger charge is -2.03. The first-order valence-electron chi connectivity index (χ1n) is 2.74. The Morgan fingerprint density at radius 2 is 1.90 bits per heavy atom. The molecule has 1 rings (SSSR count). The van der Waals surface area contributed by atoms with Crippen molar-refractivity contribution in [3.8, 4) is 0 Å². The first-order valence-corrected chi connectivity index (χ1v) is 5.98. The van der Waals surface area contributed by atoms with Gasteiger partial charge in [-0.1, -0.05) is 56.7 Å². The molecule has 0 amide bonds. The lowest BCUT2D eigenvalue weighted by Crippen LogP contribution is -1.83. The fraction of sp³-hybridized carbons (Fsp3) is 0.143. The molecule has 10 heavy (non-hydrogen) atoms. The average molecular weight is 423 g/mol. The van der Waals surface area contributed by atoms with Crippen LogP contribution in [0, 0.1) is 3.57 Å². The number of alkyl halides is 2. The molecular weight excluding hydrogens is 418 g/mol. The molecule has 0 saturated carbocycles. The smallest absolute Gasteiger partial charge is 0.0721 e. The quantitative estimate of drug-likeness (QED) is 0.472. The molecule has 0 bridgehead atoms. The van der Waals surface area contributed by atoms with Gasteiger partial charge in [0.05, 0.1) is 2.83 Å². The molecular formula is C7H5BrI2. The van der Waals surface area contributed by atoms with Crippen molar-refractivity contribution >= 4 is 61.1 Å². The van der Waals surface area contributed by atoms with Crippen LogP contribution in [0.2, 0.25) is 0 Å². The Labute approximate surface area is 96.2 Å². The first-order chi connectivity index (χ1) is 4.72. The third kappa shape index (κ3) is 2.34. The summed E-state index contributed by atoms with van der Waals surface area (Å²) in [7, 11) is 0. The molecule has 0 spiro atoms. The highest BCUT2D eigenvalue weighted by molar-refractivity contribution is 14.1. The highest BCUT2D eigenvalue weighted by Crippen LogP contribution is 2.32. The van der Waals surface area contributed by atoms with Crippen molar-refractivity contribution in [3.63, 3.8) is 0 Å². The summed E-state index contributed by atoms with van der Waals surface area (Å²) in [5.41, 5.74) is 1.35. The van der Waals surface area contributed by atoms with Crippen molar-refractivity contribution in [3.05, 3.63) is 33.4 Å². The van der Waals surface area contributed by atoms with Gasteiger partial charge in [0.25, 0.3) is 0 Å². The van der Waals surface area contributed by atoms with E-state index in [-0.39, 0.29) is 0 Å². The Hall–Kier alpha value is 1.16. The standard InChI is InChI=1S/C7H5BrI2/c8-7(10)5-3-1-2-4-6(5)9/h1-4,7H. The third-order valence-corrected chi connectivity index (χ3v) is 3.29. The molecule has 54 valence electrons. The van der Waals surface area contributed by atoms with Gasteiger partial charge in [-0.25, -0.2) is 0 Å². The second kappa shape index (κ2) is 4.25. The summed E-state index contributed by atoms with van der Waals surface area (Å²) in [6, 6.07) is 8.36. The maximum absolute atomic E-state index is 3.52. The van der Waals surface area contributed by atoms with Crippen LogP contribution >= 0.6 is 61.1 Å². The highest BCUT2D eigenvalue weighted by atomic mass is 127. The van der Waals surface area contributed by atoms with Crippen molar-refractivity contribution in [1.29, 1.82) is 0 Å². The second-order valence-corrected chi connectivity index (χ2v) is 6.86. The SMILES string of the molecule is BrC(I)c1ccccc1I. The maximum atomic E-state index is 3.52. The van der Waals surface area contributed by atoms with Crippen LogP contribution in [0.5, 0.6) is 0 Å². The predicted molar refractivity (Wildman–Crippen MR) is 64.8 cm³/mol. The van der Waals surface area contributed by atoms with Gasteiger partial charge in [-0.15, -0.1) is 0 Å². The second-order valence-electron chi connectivity index (χ2n) is 1.82. The molecule has 1 aromatic rings. The average Bonchev–Trinajstić information content (AvgIpc) is 1.88. The Balaban J connectivity index is 3.03. The zero-order chi connectivity index (χ0) is 7.56. The molecule has 0 nitrogen and oxygen atoms in total. The molecule has 0 radical (unpaired) electrons. The summed E-state index contributed by atoms with van der Waals surface area (Å²) in [6.07, 6.45) is 0. The van der Waals surface area contributed by atoms with Gasteiger partial charge in [0.15, 0.2) is 0 Å². The van der Waals surface area contributed by atoms with Crippen LogP contribution in [-0.2, 0) is 0 Å². The molecule has 1 atom stereocenters. The van der Waals surface area contributed by atoms with E-state index in [2.05, 4.69) is 85.4 Å². The van der Waals surface area contributed by atoms with Gasteiger partial charge in [0.2, 0.25) is 0 Å². The Kier molecular flexibility index (Phi) is 3.93. The van der Waals surface area contributed by atoms with E-state index in [9.17, 15) is 0 Å². The van der Waals surface area contributed by atoms with Crippen LogP contribution in [0.4, 0.5) is 0 Å². The minimum Gasteiger partial charge on any atom is -0.0721 e. The summed E-state index contributed by atoms with van der Waals surface area (Å²) in [4.78, 5) is 0. The van der Waals surface area contributed by atoms with E-state index in [4.69, 9.17) is 0 Å². The van der Waals surface area contributed by atoms with E-state index >= 15 is 0 Å². The monoisotopic (exact) mass is 422 g/mol. The van der Waals surface area contributed by atoms with Crippen LogP contribution in [-0.4, -0.2) is 0 Å². The Morgan fingerprint density at radius 1 is 1.30 bits per heavy atom. The third-order valence-electron chi connectivity index (χ3n) is 1.14. The molecule has 0 saturated heterocycles. The van der Waals surface area contributed by atoms with E-state index in [0.717, 1.165) is 0 Å². The summed E-state index contributed by atoms with van der Waals surface area (Å²) in [6.45, 7) is 0. The fourth-order valence-corrected chi connectivity index (χ4v) is 3.32. The lowest BCUT2D eigenvalue weighted by atomic mass is 10.2. The minimum atomic E-state index is 0.429. The molecule has 0 aliphatic heterocycles. The van der Waals surface area contributed by atoms with Gasteiger partial charge in [0.1, 0.15) is 0 Å². The van der Waals surface area contributed by atoms with E-state index in [1.165, 1.54) is 9.13 Å². The van der Waals surface area contributed by atoms with Crippen LogP contribution in [0.1, 0.15) is 8.40 Å². The highest BCUT2D eigenvalue weighted by Gasteiger charge is 2.04. The number of hydrogen-bond donors (Lipinski definition) is 0. The van der Waals surface area contributed by atoms with Crippen LogP contribution < -0.4 is 0 Å². The number of benzene rings is 1. The fourth-order valence-electron chi connectivity index (χ4n) is 0.652. The predicted octanol–water partition coefficient (Wildman–Crippen LogP) is 4.12. The zero-order valence-electron chi connectivity index (χ0n) is 5.02. The number of rotatable bonds is 1. The molecule has 1 unspecified atom stereocenters. The van der Waals surface area contributed by atoms with E-state index < -0.39 is 0 Å². The summed E-state index contributed by atoms with van der Waals surface area (Å²) < 4.78 is 1.74. The molecule has 0 N–H and O–H groups in total. The zero-order valence-corrected chi connectivity index (χ0v) is 10.9. The molecule has 0 fully saturated rings. The van der Waals surface area contributed by atoms with Crippen molar-refractivity contribution in [2.24, 2.45) is 0 Å². The molecule has 0 aliphatic carbocycles. The minimum absolute atomic E-state index is 0.429. The first kappa shape index (κ1) is 9.25. The summed E-state index contributed by atoms with van der Waals surface area (Å²) >= 11 is 8.20. The van der Waals surface area contributed by atoms with Crippen molar-refractivity contribution in [2.75, 3.05) is 0 Å². The molecule has 0 heterocycles. The van der Waals surface area contributed by atoms with E-state index in [0.29, 0.717) is 2.83 Å². The van der Waals surface area contributed by atoms with Crippen LogP contribution in [0.15, 0.2) is 24.3 Å². The number of halogens is 3. The van der Waals surface area contributed by atoms with Crippen LogP contribution in [0.3, 0.4) is 0 Å². The van der Waals surface area contributed by atoms with Crippen LogP contribution in [0.25, 0.3) is 0 Å². The Bertz CT molecular complexity index is 223. The summed E-state index contributed by atoms with van der Waals surface area (Å²) in [5.74, 6) is 0. The van der Waals surface area contributed by atoms with E-state index in [1.807, 2.05) is 0 Å². The molecule has 0 aromatic heterocycles. The van der Waals surface area contributed by atoms with Crippen molar-refractivity contribution < 1.29 is 0 Å². The van der Waals surface area contributed by atoms with Gasteiger partial charge in [-0.3, -0.25) is 0 Å². The number of hydrogen-bond acceptors (Lipinski definition) is 0. The van der Waals surface area contributed by atoms with Gasteiger partial charge >= 0.3 is 0 Å². The molecule has 1 aromatic carbocycles. The van der Waals surface area contributed by atoms with Gasteiger partial charge < -0.3 is 0 Å².